The lowest BCUT2D eigenvalue weighted by Gasteiger charge is -2.18. The first-order valence-electron chi connectivity index (χ1n) is 10.1. The van der Waals surface area contributed by atoms with Crippen molar-refractivity contribution < 1.29 is 20.1 Å². The monoisotopic (exact) mass is 409 g/mol. The molecule has 1 aliphatic heterocycles. The van der Waals surface area contributed by atoms with Gasteiger partial charge in [-0.1, -0.05) is 6.07 Å². The second-order valence-corrected chi connectivity index (χ2v) is 7.78. The molecule has 0 amide bonds. The number of nitrogens with zero attached hydrogens (tertiary/aromatic N) is 2. The summed E-state index contributed by atoms with van der Waals surface area (Å²) in [5.74, 6) is 0.673. The minimum atomic E-state index is -1.81. The fraction of sp³-hybridized carbons (Fsp3) is 0.364. The number of ether oxygens (including phenoxy) is 1. The lowest BCUT2D eigenvalue weighted by atomic mass is 9.95. The summed E-state index contributed by atoms with van der Waals surface area (Å²) in [6.45, 7) is 1.19. The van der Waals surface area contributed by atoms with Crippen molar-refractivity contribution in [2.24, 2.45) is 0 Å². The van der Waals surface area contributed by atoms with E-state index in [0.29, 0.717) is 31.0 Å². The summed E-state index contributed by atoms with van der Waals surface area (Å²) in [7, 11) is 0. The van der Waals surface area contributed by atoms with Gasteiger partial charge < -0.3 is 29.9 Å². The largest absolute Gasteiger partial charge is 0.395 e. The minimum absolute atomic E-state index is 0.00874. The zero-order chi connectivity index (χ0) is 20.8. The summed E-state index contributed by atoms with van der Waals surface area (Å²) in [6.07, 6.45) is 3.54. The standard InChI is InChI=1S/C22H23N3O5/c26-6-5-23-19-7-12-10-30-11-18-14(16(12)8-24-19)3-4-15-20(18)25(13-1-2-13)9-17(21(15)27)22(28)29/h3-4,7-9,13,22,26,28-29H,1-2,5-6,10-11H2,(H,23,24). The molecule has 0 atom stereocenters. The van der Waals surface area contributed by atoms with E-state index in [1.807, 2.05) is 16.7 Å². The Morgan fingerprint density at radius 2 is 2.07 bits per heavy atom. The third-order valence-corrected chi connectivity index (χ3v) is 5.75. The average Bonchev–Trinajstić information content (AvgIpc) is 3.58. The Balaban J connectivity index is 1.73. The van der Waals surface area contributed by atoms with Gasteiger partial charge in [0.05, 0.1) is 30.9 Å². The molecule has 0 saturated heterocycles. The number of aliphatic hydroxyl groups is 3. The van der Waals surface area contributed by atoms with Crippen LogP contribution in [0.25, 0.3) is 22.0 Å². The van der Waals surface area contributed by atoms with Gasteiger partial charge in [-0.25, -0.2) is 4.98 Å². The number of nitrogens with one attached hydrogen (secondary N) is 1. The van der Waals surface area contributed by atoms with Crippen molar-refractivity contribution in [2.45, 2.75) is 38.4 Å². The molecule has 0 unspecified atom stereocenters. The van der Waals surface area contributed by atoms with Crippen LogP contribution in [0, 0.1) is 0 Å². The quantitative estimate of drug-likeness (QED) is 0.475. The van der Waals surface area contributed by atoms with Crippen LogP contribution in [-0.4, -0.2) is 38.0 Å². The molecule has 1 aliphatic carbocycles. The number of aromatic nitrogens is 2. The van der Waals surface area contributed by atoms with Crippen molar-refractivity contribution in [2.75, 3.05) is 18.5 Å². The Kier molecular flexibility index (Phi) is 4.79. The van der Waals surface area contributed by atoms with E-state index in [4.69, 9.17) is 9.84 Å². The molecular weight excluding hydrogens is 386 g/mol. The van der Waals surface area contributed by atoms with Crippen LogP contribution in [0.4, 0.5) is 5.82 Å². The van der Waals surface area contributed by atoms with Crippen LogP contribution < -0.4 is 10.7 Å². The van der Waals surface area contributed by atoms with Gasteiger partial charge in [0.15, 0.2) is 11.7 Å². The highest BCUT2D eigenvalue weighted by Gasteiger charge is 2.29. The predicted molar refractivity (Wildman–Crippen MR) is 111 cm³/mol. The SMILES string of the molecule is O=c1c(C(O)O)cn(C2CC2)c2c3c(ccc12)-c1cnc(NCCO)cc1COC3. The highest BCUT2D eigenvalue weighted by Crippen LogP contribution is 2.41. The lowest BCUT2D eigenvalue weighted by Crippen LogP contribution is -2.18. The molecule has 156 valence electrons. The van der Waals surface area contributed by atoms with Crippen molar-refractivity contribution in [1.29, 1.82) is 0 Å². The van der Waals surface area contributed by atoms with Gasteiger partial charge in [0.2, 0.25) is 0 Å². The first-order chi connectivity index (χ1) is 14.6. The number of hydrogen-bond donors (Lipinski definition) is 4. The molecule has 3 heterocycles. The summed E-state index contributed by atoms with van der Waals surface area (Å²) in [6, 6.07) is 5.81. The maximum absolute atomic E-state index is 12.9. The molecule has 0 bridgehead atoms. The van der Waals surface area contributed by atoms with E-state index < -0.39 is 6.29 Å². The van der Waals surface area contributed by atoms with E-state index in [0.717, 1.165) is 40.6 Å². The fourth-order valence-electron chi connectivity index (χ4n) is 4.17. The normalized spacial score (nSPS) is 15.7. The highest BCUT2D eigenvalue weighted by molar-refractivity contribution is 5.90. The third kappa shape index (κ3) is 3.18. The molecule has 3 aromatic rings. The number of fused-ring (bicyclic) bond motifs is 5. The molecule has 4 N–H and O–H groups in total. The Hall–Kier alpha value is -2.78. The van der Waals surface area contributed by atoms with Gasteiger partial charge in [0.1, 0.15) is 5.82 Å². The van der Waals surface area contributed by atoms with Gasteiger partial charge in [0.25, 0.3) is 0 Å². The van der Waals surface area contributed by atoms with E-state index in [1.165, 1.54) is 0 Å². The number of benzene rings is 1. The van der Waals surface area contributed by atoms with Crippen LogP contribution >= 0.6 is 0 Å². The van der Waals surface area contributed by atoms with Gasteiger partial charge in [-0.05, 0) is 36.1 Å². The predicted octanol–water partition coefficient (Wildman–Crippen LogP) is 1.82. The molecule has 0 radical (unpaired) electrons. The second kappa shape index (κ2) is 7.48. The van der Waals surface area contributed by atoms with Crippen LogP contribution in [-0.2, 0) is 18.0 Å². The van der Waals surface area contributed by atoms with Gasteiger partial charge in [-0.2, -0.15) is 0 Å². The second-order valence-electron chi connectivity index (χ2n) is 7.78. The maximum atomic E-state index is 12.9. The van der Waals surface area contributed by atoms with Gasteiger partial charge in [0, 0.05) is 41.5 Å². The van der Waals surface area contributed by atoms with Gasteiger partial charge in [-0.15, -0.1) is 0 Å². The van der Waals surface area contributed by atoms with E-state index in [1.54, 1.807) is 18.5 Å². The van der Waals surface area contributed by atoms with Gasteiger partial charge >= 0.3 is 0 Å². The van der Waals surface area contributed by atoms with Crippen LogP contribution in [0.5, 0.6) is 0 Å². The molecule has 8 heteroatoms. The molecule has 1 saturated carbocycles. The van der Waals surface area contributed by atoms with Crippen LogP contribution in [0.2, 0.25) is 0 Å². The van der Waals surface area contributed by atoms with Crippen molar-refractivity contribution in [3.8, 4) is 11.1 Å². The third-order valence-electron chi connectivity index (χ3n) is 5.75. The number of rotatable bonds is 5. The molecule has 2 aromatic heterocycles. The zero-order valence-electron chi connectivity index (χ0n) is 16.3. The van der Waals surface area contributed by atoms with Crippen LogP contribution in [0.15, 0.2) is 35.4 Å². The number of hydrogen-bond acceptors (Lipinski definition) is 7. The van der Waals surface area contributed by atoms with Crippen LogP contribution in [0.3, 0.4) is 0 Å². The lowest BCUT2D eigenvalue weighted by molar-refractivity contribution is -0.0435. The summed E-state index contributed by atoms with van der Waals surface area (Å²) in [4.78, 5) is 17.4. The minimum Gasteiger partial charge on any atom is -0.395 e. The molecule has 2 aliphatic rings. The fourth-order valence-corrected chi connectivity index (χ4v) is 4.17. The molecule has 1 aromatic carbocycles. The van der Waals surface area contributed by atoms with E-state index in [-0.39, 0.29) is 23.6 Å². The van der Waals surface area contributed by atoms with Gasteiger partial charge in [-0.3, -0.25) is 4.79 Å². The summed E-state index contributed by atoms with van der Waals surface area (Å²) >= 11 is 0. The van der Waals surface area contributed by atoms with Crippen molar-refractivity contribution in [3.63, 3.8) is 0 Å². The molecule has 8 nitrogen and oxygen atoms in total. The molecule has 0 spiro atoms. The number of aliphatic hydroxyl groups excluding tert-OH is 2. The van der Waals surface area contributed by atoms with Crippen molar-refractivity contribution in [3.05, 3.63) is 57.5 Å². The van der Waals surface area contributed by atoms with Crippen LogP contribution in [0.1, 0.15) is 41.9 Å². The summed E-state index contributed by atoms with van der Waals surface area (Å²) in [5.41, 5.74) is 4.21. The average molecular weight is 409 g/mol. The molecular formula is C22H23N3O5. The van der Waals surface area contributed by atoms with Crippen molar-refractivity contribution in [1.82, 2.24) is 9.55 Å². The summed E-state index contributed by atoms with van der Waals surface area (Å²) < 4.78 is 7.97. The Morgan fingerprint density at radius 3 is 2.80 bits per heavy atom. The first kappa shape index (κ1) is 19.2. The molecule has 5 rings (SSSR count). The maximum Gasteiger partial charge on any atom is 0.197 e. The number of pyridine rings is 2. The summed E-state index contributed by atoms with van der Waals surface area (Å²) in [5, 5.41) is 31.9. The van der Waals surface area contributed by atoms with E-state index >= 15 is 0 Å². The molecule has 30 heavy (non-hydrogen) atoms. The van der Waals surface area contributed by atoms with E-state index in [2.05, 4.69) is 10.3 Å². The molecule has 1 fully saturated rings. The highest BCUT2D eigenvalue weighted by atomic mass is 16.5. The zero-order valence-corrected chi connectivity index (χ0v) is 16.3. The van der Waals surface area contributed by atoms with Crippen molar-refractivity contribution >= 4 is 16.7 Å². The smallest absolute Gasteiger partial charge is 0.197 e. The number of anilines is 1. The Morgan fingerprint density at radius 1 is 1.23 bits per heavy atom. The topological polar surface area (TPSA) is 117 Å². The Bertz CT molecular complexity index is 1180. The Labute approximate surface area is 172 Å². The first-order valence-corrected chi connectivity index (χ1v) is 10.1. The van der Waals surface area contributed by atoms with E-state index in [9.17, 15) is 15.0 Å².